The monoisotopic (exact) mass is 476 g/mol. The summed E-state index contributed by atoms with van der Waals surface area (Å²) in [6.45, 7) is 5.43. The zero-order valence-corrected chi connectivity index (χ0v) is 19.1. The van der Waals surface area contributed by atoms with Crippen molar-refractivity contribution in [2.45, 2.75) is 19.6 Å². The molecule has 2 aromatic rings. The number of nitrogens with one attached hydrogen (secondary N) is 2. The van der Waals surface area contributed by atoms with Gasteiger partial charge in [-0.3, -0.25) is 15.1 Å². The van der Waals surface area contributed by atoms with E-state index in [0.717, 1.165) is 24.7 Å². The lowest BCUT2D eigenvalue weighted by atomic mass is 10.1. The summed E-state index contributed by atoms with van der Waals surface area (Å²) >= 11 is 0. The van der Waals surface area contributed by atoms with Gasteiger partial charge in [0.2, 0.25) is 0 Å². The maximum absolute atomic E-state index is 15.2. The lowest BCUT2D eigenvalue weighted by Crippen LogP contribution is -2.38. The summed E-state index contributed by atoms with van der Waals surface area (Å²) in [6, 6.07) is 9.00. The number of ether oxygens (including phenoxy) is 3. The molecule has 0 radical (unpaired) electrons. The highest BCUT2D eigenvalue weighted by Gasteiger charge is 2.29. The van der Waals surface area contributed by atoms with Crippen molar-refractivity contribution in [1.82, 2.24) is 10.2 Å². The zero-order chi connectivity index (χ0) is 24.5. The fourth-order valence-electron chi connectivity index (χ4n) is 3.55. The number of nitrogen functional groups attached to an aromatic ring is 1. The van der Waals surface area contributed by atoms with E-state index in [9.17, 15) is 9.18 Å². The van der Waals surface area contributed by atoms with Crippen LogP contribution in [0.2, 0.25) is 0 Å². The van der Waals surface area contributed by atoms with Crippen LogP contribution in [0, 0.1) is 17.0 Å². The van der Waals surface area contributed by atoms with Gasteiger partial charge < -0.3 is 25.3 Å². The first-order valence-electron chi connectivity index (χ1n) is 11.1. The number of hydrogen-bond donors (Lipinski definition) is 3. The van der Waals surface area contributed by atoms with E-state index in [1.165, 1.54) is 6.07 Å². The first-order chi connectivity index (χ1) is 16.4. The highest BCUT2D eigenvalue weighted by molar-refractivity contribution is 5.94. The summed E-state index contributed by atoms with van der Waals surface area (Å²) in [5, 5.41) is 10.1. The minimum Gasteiger partial charge on any atom is -0.489 e. The highest BCUT2D eigenvalue weighted by atomic mass is 19.1. The van der Waals surface area contributed by atoms with Crippen molar-refractivity contribution in [2.75, 3.05) is 46.1 Å². The molecule has 1 heterocycles. The molecule has 1 amide bonds. The van der Waals surface area contributed by atoms with E-state index >= 15 is 4.39 Å². The van der Waals surface area contributed by atoms with Crippen molar-refractivity contribution in [2.24, 2.45) is 5.73 Å². The molecule has 0 aromatic heterocycles. The van der Waals surface area contributed by atoms with Gasteiger partial charge in [-0.15, -0.1) is 0 Å². The van der Waals surface area contributed by atoms with Crippen LogP contribution in [0.15, 0.2) is 36.4 Å². The van der Waals surface area contributed by atoms with E-state index in [0.29, 0.717) is 25.3 Å². The molecule has 1 aliphatic rings. The summed E-state index contributed by atoms with van der Waals surface area (Å²) in [5.41, 5.74) is 6.23. The lowest BCUT2D eigenvalue weighted by molar-refractivity contribution is -0.133. The van der Waals surface area contributed by atoms with Crippen LogP contribution >= 0.6 is 0 Å². The Bertz CT molecular complexity index is 982. The van der Waals surface area contributed by atoms with E-state index in [4.69, 9.17) is 25.4 Å². The molecule has 10 heteroatoms. The normalized spacial score (nSPS) is 15.0. The maximum Gasteiger partial charge on any atom is 0.254 e. The highest BCUT2D eigenvalue weighted by Crippen LogP contribution is 2.30. The Balaban J connectivity index is 1.68. The molecular weight excluding hydrogens is 446 g/mol. The fourth-order valence-corrected chi connectivity index (χ4v) is 3.55. The minimum absolute atomic E-state index is 0.0648. The van der Waals surface area contributed by atoms with Crippen molar-refractivity contribution in [3.8, 4) is 5.75 Å². The average molecular weight is 477 g/mol. The molecule has 0 aliphatic carbocycles. The van der Waals surface area contributed by atoms with E-state index in [2.05, 4.69) is 10.2 Å². The molecule has 34 heavy (non-hydrogen) atoms. The number of morpholine rings is 1. The van der Waals surface area contributed by atoms with Crippen molar-refractivity contribution < 1.29 is 27.8 Å². The number of nitrogens with two attached hydrogens (primary N) is 1. The van der Waals surface area contributed by atoms with Gasteiger partial charge in [0.15, 0.2) is 17.7 Å². The number of benzene rings is 2. The van der Waals surface area contributed by atoms with Gasteiger partial charge in [0.25, 0.3) is 5.91 Å². The summed E-state index contributed by atoms with van der Waals surface area (Å²) < 4.78 is 46.2. The molecule has 0 bridgehead atoms. The summed E-state index contributed by atoms with van der Waals surface area (Å²) in [4.78, 5) is 15.0. The van der Waals surface area contributed by atoms with Gasteiger partial charge in [0.1, 0.15) is 18.3 Å². The smallest absolute Gasteiger partial charge is 0.254 e. The number of nitrogens with zero attached hydrogens (tertiary/aromatic N) is 1. The number of amides is 1. The second-order valence-electron chi connectivity index (χ2n) is 7.74. The van der Waals surface area contributed by atoms with Gasteiger partial charge in [-0.1, -0.05) is 24.3 Å². The Morgan fingerprint density at radius 2 is 1.91 bits per heavy atom. The van der Waals surface area contributed by atoms with Crippen molar-refractivity contribution in [3.05, 3.63) is 64.7 Å². The van der Waals surface area contributed by atoms with Crippen molar-refractivity contribution in [3.63, 3.8) is 0 Å². The third-order valence-electron chi connectivity index (χ3n) is 5.43. The summed E-state index contributed by atoms with van der Waals surface area (Å²) in [7, 11) is 0. The first kappa shape index (κ1) is 25.5. The molecule has 184 valence electrons. The molecule has 8 nitrogen and oxygen atoms in total. The van der Waals surface area contributed by atoms with Gasteiger partial charge in [-0.25, -0.2) is 8.78 Å². The average Bonchev–Trinajstić information content (AvgIpc) is 2.84. The second-order valence-corrected chi connectivity index (χ2v) is 7.74. The molecule has 1 saturated heterocycles. The topological polar surface area (TPSA) is 110 Å². The van der Waals surface area contributed by atoms with Crippen molar-refractivity contribution in [1.29, 1.82) is 5.41 Å². The molecule has 4 N–H and O–H groups in total. The number of carbonyl (C=O) groups is 1. The predicted molar refractivity (Wildman–Crippen MR) is 123 cm³/mol. The number of carbonyl (C=O) groups excluding carboxylic acids is 1. The quantitative estimate of drug-likeness (QED) is 0.339. The number of hydrogen-bond acceptors (Lipinski definition) is 6. The van der Waals surface area contributed by atoms with Crippen LogP contribution in [0.1, 0.15) is 29.7 Å². The Morgan fingerprint density at radius 3 is 2.56 bits per heavy atom. The summed E-state index contributed by atoms with van der Waals surface area (Å²) in [6.07, 6.45) is -1.48. The van der Waals surface area contributed by atoms with Gasteiger partial charge in [0, 0.05) is 38.3 Å². The molecular formula is C24H30F2N4O4. The third-order valence-corrected chi connectivity index (χ3v) is 5.43. The molecule has 3 rings (SSSR count). The fraction of sp³-hybridized carbons (Fsp3) is 0.417. The van der Waals surface area contributed by atoms with E-state index < -0.39 is 29.2 Å². The molecule has 0 spiro atoms. The van der Waals surface area contributed by atoms with Crippen LogP contribution in [-0.2, 0) is 20.8 Å². The first-order valence-corrected chi connectivity index (χ1v) is 11.1. The number of rotatable bonds is 11. The molecule has 0 saturated carbocycles. The zero-order valence-electron chi connectivity index (χ0n) is 19.1. The van der Waals surface area contributed by atoms with Crippen LogP contribution in [-0.4, -0.2) is 62.7 Å². The van der Waals surface area contributed by atoms with E-state index in [1.54, 1.807) is 31.2 Å². The summed E-state index contributed by atoms with van der Waals surface area (Å²) in [5.74, 6) is -2.73. The Labute approximate surface area is 197 Å². The van der Waals surface area contributed by atoms with E-state index in [-0.39, 0.29) is 31.3 Å². The van der Waals surface area contributed by atoms with Crippen molar-refractivity contribution >= 4 is 11.7 Å². The molecule has 1 aliphatic heterocycles. The van der Waals surface area contributed by atoms with E-state index in [1.807, 2.05) is 0 Å². The molecule has 1 unspecified atom stereocenters. The Kier molecular flexibility index (Phi) is 9.32. The largest absolute Gasteiger partial charge is 0.489 e. The molecule has 2 aromatic carbocycles. The van der Waals surface area contributed by atoms with Gasteiger partial charge in [0.05, 0.1) is 18.8 Å². The van der Waals surface area contributed by atoms with Crippen LogP contribution in [0.3, 0.4) is 0 Å². The Hall–Kier alpha value is -3.08. The number of halogens is 2. The van der Waals surface area contributed by atoms with Crippen LogP contribution in [0.4, 0.5) is 8.78 Å². The van der Waals surface area contributed by atoms with Gasteiger partial charge in [-0.2, -0.15) is 0 Å². The van der Waals surface area contributed by atoms with Gasteiger partial charge in [-0.05, 0) is 24.6 Å². The lowest BCUT2D eigenvalue weighted by Gasteiger charge is -2.26. The predicted octanol–water partition coefficient (Wildman–Crippen LogP) is 2.35. The third kappa shape index (κ3) is 6.72. The maximum atomic E-state index is 15.2. The van der Waals surface area contributed by atoms with Crippen LogP contribution < -0.4 is 15.8 Å². The molecule has 1 fully saturated rings. The van der Waals surface area contributed by atoms with Crippen LogP contribution in [0.5, 0.6) is 5.75 Å². The number of amidine groups is 1. The second kappa shape index (κ2) is 12.4. The molecule has 1 atom stereocenters. The Morgan fingerprint density at radius 1 is 1.21 bits per heavy atom. The standard InChI is InChI=1S/C24H30F2N4O4/c1-2-33-22(24(31)29-15-16-3-5-17(6-4-16)23(27)28)20-18(25)7-8-19(21(20)26)34-14-11-30-9-12-32-13-10-30/h3-8,22H,2,9-15H2,1H3,(H3,27,28)(H,29,31). The van der Waals surface area contributed by atoms with Gasteiger partial charge >= 0.3 is 0 Å². The minimum atomic E-state index is -1.48. The SMILES string of the molecule is CCOC(C(=O)NCc1ccc(C(=N)N)cc1)c1c(F)ccc(OCCN2CCOCC2)c1F. The van der Waals surface area contributed by atoms with Crippen LogP contribution in [0.25, 0.3) is 0 Å².